The third-order valence-electron chi connectivity index (χ3n) is 7.57. The molecule has 0 saturated heterocycles. The van der Waals surface area contributed by atoms with Crippen LogP contribution in [0.4, 0.5) is 20.2 Å². The monoisotopic (exact) mass is 606 g/mol. The van der Waals surface area contributed by atoms with E-state index < -0.39 is 40.7 Å². The average Bonchev–Trinajstić information content (AvgIpc) is 3.54. The van der Waals surface area contributed by atoms with Gasteiger partial charge in [-0.15, -0.1) is 0 Å². The Labute approximate surface area is 256 Å². The molecule has 4 aromatic carbocycles. The first-order valence-corrected chi connectivity index (χ1v) is 13.8. The molecule has 224 valence electrons. The quantitative estimate of drug-likeness (QED) is 0.207. The lowest BCUT2D eigenvalue weighted by Gasteiger charge is -2.27. The molecule has 2 aliphatic rings. The van der Waals surface area contributed by atoms with Crippen molar-refractivity contribution in [1.82, 2.24) is 0 Å². The van der Waals surface area contributed by atoms with Crippen molar-refractivity contribution in [2.24, 2.45) is 0 Å². The zero-order valence-electron chi connectivity index (χ0n) is 24.0. The molecule has 0 unspecified atom stereocenters. The van der Waals surface area contributed by atoms with Crippen molar-refractivity contribution in [3.05, 3.63) is 132 Å². The van der Waals surface area contributed by atoms with Gasteiger partial charge in [-0.2, -0.15) is 0 Å². The van der Waals surface area contributed by atoms with E-state index in [0.717, 1.165) is 9.80 Å². The van der Waals surface area contributed by atoms with Gasteiger partial charge in [0.05, 0.1) is 11.4 Å². The highest BCUT2D eigenvalue weighted by Gasteiger charge is 2.28. The number of hydrogen-bond acceptors (Lipinski definition) is 6. The van der Waals surface area contributed by atoms with E-state index in [1.54, 1.807) is 12.1 Å². The largest absolute Gasteiger partial charge is 0.454 e. The van der Waals surface area contributed by atoms with Crippen LogP contribution in [-0.2, 0) is 24.6 Å². The zero-order valence-corrected chi connectivity index (χ0v) is 24.0. The van der Waals surface area contributed by atoms with E-state index in [1.807, 2.05) is 13.8 Å². The highest BCUT2D eigenvalue weighted by Crippen LogP contribution is 2.37. The molecule has 0 spiro atoms. The second-order valence-electron chi connectivity index (χ2n) is 10.8. The number of anilines is 2. The van der Waals surface area contributed by atoms with Gasteiger partial charge in [0.15, 0.2) is 23.1 Å². The van der Waals surface area contributed by atoms with Crippen LogP contribution in [0.5, 0.6) is 23.0 Å². The van der Waals surface area contributed by atoms with Gasteiger partial charge in [0.2, 0.25) is 0 Å². The maximum absolute atomic E-state index is 15.2. The number of imide groups is 2. The van der Waals surface area contributed by atoms with Crippen LogP contribution in [-0.4, -0.2) is 23.6 Å². The van der Waals surface area contributed by atoms with E-state index in [1.165, 1.54) is 97.1 Å². The number of rotatable bonds is 8. The Bertz CT molecular complexity index is 1760. The van der Waals surface area contributed by atoms with Crippen molar-refractivity contribution in [3.63, 3.8) is 0 Å². The van der Waals surface area contributed by atoms with Crippen LogP contribution < -0.4 is 19.3 Å². The minimum atomic E-state index is -0.798. The first kappa shape index (κ1) is 29.2. The molecular formula is C35H24F2N2O6. The fraction of sp³-hybridized carbons (Fsp3) is 0.0857. The molecule has 2 aliphatic heterocycles. The standard InChI is InChI=1S/C35H24F2N2O6/c1-35(2,21-3-13-29(27(36)19-21)44-25-9-5-23(6-10-25)38-31(40)15-16-32(38)41)22-4-14-30(28(37)20-22)45-26-11-7-24(8-12-26)39-33(42)17-18-34(39)43/h3-20H,1-2H3. The molecule has 0 atom stereocenters. The number of halogens is 2. The van der Waals surface area contributed by atoms with Crippen LogP contribution in [0.2, 0.25) is 0 Å². The Kier molecular flexibility index (Phi) is 7.33. The number of amides is 4. The van der Waals surface area contributed by atoms with Gasteiger partial charge in [-0.05, 0) is 83.9 Å². The van der Waals surface area contributed by atoms with Crippen LogP contribution in [0.1, 0.15) is 25.0 Å². The molecule has 0 N–H and O–H groups in total. The van der Waals surface area contributed by atoms with Gasteiger partial charge in [-0.3, -0.25) is 19.2 Å². The predicted octanol–water partition coefficient (Wildman–Crippen LogP) is 6.73. The highest BCUT2D eigenvalue weighted by atomic mass is 19.1. The van der Waals surface area contributed by atoms with Crippen molar-refractivity contribution < 1.29 is 37.4 Å². The first-order chi connectivity index (χ1) is 21.5. The summed E-state index contributed by atoms with van der Waals surface area (Å²) in [6, 6.07) is 21.2. The maximum Gasteiger partial charge on any atom is 0.258 e. The van der Waals surface area contributed by atoms with Crippen LogP contribution in [0.3, 0.4) is 0 Å². The molecule has 0 radical (unpaired) electrons. The number of carbonyl (C=O) groups is 4. The van der Waals surface area contributed by atoms with E-state index >= 15 is 8.78 Å². The summed E-state index contributed by atoms with van der Waals surface area (Å²) in [7, 11) is 0. The number of ether oxygens (including phenoxy) is 2. The van der Waals surface area contributed by atoms with Crippen LogP contribution in [0, 0.1) is 11.6 Å². The van der Waals surface area contributed by atoms with Gasteiger partial charge >= 0.3 is 0 Å². The van der Waals surface area contributed by atoms with E-state index in [4.69, 9.17) is 9.47 Å². The first-order valence-electron chi connectivity index (χ1n) is 13.8. The summed E-state index contributed by atoms with van der Waals surface area (Å²) >= 11 is 0. The van der Waals surface area contributed by atoms with E-state index in [2.05, 4.69) is 0 Å². The van der Waals surface area contributed by atoms with Crippen LogP contribution in [0.15, 0.2) is 109 Å². The van der Waals surface area contributed by atoms with Gasteiger partial charge < -0.3 is 9.47 Å². The molecule has 0 aromatic heterocycles. The van der Waals surface area contributed by atoms with Crippen molar-refractivity contribution in [1.29, 1.82) is 0 Å². The molecule has 8 nitrogen and oxygen atoms in total. The van der Waals surface area contributed by atoms with E-state index in [-0.39, 0.29) is 11.5 Å². The molecule has 4 amide bonds. The summed E-state index contributed by atoms with van der Waals surface area (Å²) in [5, 5.41) is 0. The lowest BCUT2D eigenvalue weighted by atomic mass is 9.78. The smallest absolute Gasteiger partial charge is 0.258 e. The third-order valence-corrected chi connectivity index (χ3v) is 7.57. The molecule has 10 heteroatoms. The summed E-state index contributed by atoms with van der Waals surface area (Å²) in [6.45, 7) is 3.67. The Balaban J connectivity index is 1.14. The van der Waals surface area contributed by atoms with Gasteiger partial charge in [0, 0.05) is 29.7 Å². The molecule has 0 saturated carbocycles. The van der Waals surface area contributed by atoms with Gasteiger partial charge in [-0.25, -0.2) is 18.6 Å². The van der Waals surface area contributed by atoms with Gasteiger partial charge in [-0.1, -0.05) is 26.0 Å². The molecule has 0 aliphatic carbocycles. The summed E-state index contributed by atoms with van der Waals surface area (Å²) in [5.74, 6) is -2.49. The van der Waals surface area contributed by atoms with Crippen LogP contribution >= 0.6 is 0 Å². The van der Waals surface area contributed by atoms with E-state index in [0.29, 0.717) is 34.0 Å². The second-order valence-corrected chi connectivity index (χ2v) is 10.8. The number of benzene rings is 4. The topological polar surface area (TPSA) is 93.2 Å². The lowest BCUT2D eigenvalue weighted by molar-refractivity contribution is -0.121. The molecule has 45 heavy (non-hydrogen) atoms. The van der Waals surface area contributed by atoms with Gasteiger partial charge in [0.25, 0.3) is 23.6 Å². The average molecular weight is 607 g/mol. The minimum absolute atomic E-state index is 0.0343. The summed E-state index contributed by atoms with van der Waals surface area (Å²) < 4.78 is 41.8. The molecule has 4 aromatic rings. The highest BCUT2D eigenvalue weighted by molar-refractivity contribution is 6.28. The predicted molar refractivity (Wildman–Crippen MR) is 161 cm³/mol. The van der Waals surface area contributed by atoms with Crippen molar-refractivity contribution >= 4 is 35.0 Å². The lowest BCUT2D eigenvalue weighted by Crippen LogP contribution is -2.29. The summed E-state index contributed by atoms with van der Waals surface area (Å²) in [4.78, 5) is 49.6. The van der Waals surface area contributed by atoms with E-state index in [9.17, 15) is 19.2 Å². The molecule has 0 bridgehead atoms. The minimum Gasteiger partial charge on any atom is -0.454 e. The number of carbonyl (C=O) groups excluding carboxylic acids is 4. The summed E-state index contributed by atoms with van der Waals surface area (Å²) in [6.07, 6.45) is 4.75. The van der Waals surface area contributed by atoms with Crippen molar-refractivity contribution in [2.75, 3.05) is 9.80 Å². The second kappa shape index (κ2) is 11.3. The Morgan fingerprint density at radius 2 is 0.844 bits per heavy atom. The maximum atomic E-state index is 15.2. The van der Waals surface area contributed by atoms with Crippen molar-refractivity contribution in [3.8, 4) is 23.0 Å². The number of nitrogens with zero attached hydrogens (tertiary/aromatic N) is 2. The Hall–Kier alpha value is -5.90. The SMILES string of the molecule is CC(C)(c1ccc(Oc2ccc(N3C(=O)C=CC3=O)cc2)c(F)c1)c1ccc(Oc2ccc(N3C(=O)C=CC3=O)cc2)c(F)c1. The zero-order chi connectivity index (χ0) is 31.9. The molecular weight excluding hydrogens is 582 g/mol. The Morgan fingerprint density at radius 3 is 1.16 bits per heavy atom. The van der Waals surface area contributed by atoms with Crippen LogP contribution in [0.25, 0.3) is 0 Å². The van der Waals surface area contributed by atoms with Gasteiger partial charge in [0.1, 0.15) is 11.5 Å². The third kappa shape index (κ3) is 5.61. The van der Waals surface area contributed by atoms with Crippen molar-refractivity contribution in [2.45, 2.75) is 19.3 Å². The fourth-order valence-corrected chi connectivity index (χ4v) is 5.00. The summed E-state index contributed by atoms with van der Waals surface area (Å²) in [5.41, 5.74) is 1.09. The molecule has 0 fully saturated rings. The number of hydrogen-bond donors (Lipinski definition) is 0. The molecule has 2 heterocycles. The molecule has 6 rings (SSSR count). The Morgan fingerprint density at radius 1 is 0.511 bits per heavy atom. The fourth-order valence-electron chi connectivity index (χ4n) is 5.00. The normalized spacial score (nSPS) is 14.6.